The molecule has 1 aromatic carbocycles. The summed E-state index contributed by atoms with van der Waals surface area (Å²) >= 11 is 9.77. The van der Waals surface area contributed by atoms with Crippen molar-refractivity contribution in [1.29, 1.82) is 0 Å². The van der Waals surface area contributed by atoms with Gasteiger partial charge in [-0.15, -0.1) is 0 Å². The quantitative estimate of drug-likeness (QED) is 0.518. The Morgan fingerprint density at radius 1 is 1.25 bits per heavy atom. The maximum atomic E-state index is 5.71. The van der Waals surface area contributed by atoms with Crippen molar-refractivity contribution in [1.82, 2.24) is 0 Å². The van der Waals surface area contributed by atoms with Gasteiger partial charge in [0.25, 0.3) is 0 Å². The zero-order chi connectivity index (χ0) is 8.81. The maximum Gasteiger partial charge on any atom is 0.0406 e. The monoisotopic (exact) mass is 196 g/mol. The molecule has 0 radical (unpaired) electrons. The summed E-state index contributed by atoms with van der Waals surface area (Å²) in [5.74, 6) is 6.82. The van der Waals surface area contributed by atoms with E-state index in [1.807, 2.05) is 24.3 Å². The van der Waals surface area contributed by atoms with E-state index in [1.54, 1.807) is 0 Å². The Hall–Kier alpha value is -0.580. The molecule has 0 unspecified atom stereocenters. The van der Waals surface area contributed by atoms with Crippen molar-refractivity contribution < 1.29 is 0 Å². The fourth-order valence-electron chi connectivity index (χ4n) is 0.754. The van der Waals surface area contributed by atoms with Crippen LogP contribution in [0.2, 0.25) is 5.02 Å². The average molecular weight is 197 g/mol. The van der Waals surface area contributed by atoms with Crippen molar-refractivity contribution >= 4 is 24.2 Å². The number of hydrogen-bond acceptors (Lipinski definition) is 1. The van der Waals surface area contributed by atoms with Gasteiger partial charge >= 0.3 is 0 Å². The Morgan fingerprint density at radius 2 is 1.92 bits per heavy atom. The third kappa shape index (κ3) is 3.21. The molecule has 0 N–H and O–H groups in total. The summed E-state index contributed by atoms with van der Waals surface area (Å²) in [7, 11) is 0. The Bertz CT molecular complexity index is 292. The Morgan fingerprint density at radius 3 is 2.50 bits per heavy atom. The lowest BCUT2D eigenvalue weighted by Gasteiger charge is -1.89. The molecule has 2 heteroatoms. The maximum absolute atomic E-state index is 5.71. The van der Waals surface area contributed by atoms with Gasteiger partial charge in [-0.25, -0.2) is 0 Å². The van der Waals surface area contributed by atoms with Gasteiger partial charge in [-0.2, -0.15) is 12.6 Å². The molecule has 0 heterocycles. The van der Waals surface area contributed by atoms with Crippen LogP contribution in [0.3, 0.4) is 0 Å². The third-order valence-corrected chi connectivity index (χ3v) is 1.79. The highest BCUT2D eigenvalue weighted by molar-refractivity contribution is 7.80. The molecule has 0 saturated carbocycles. The van der Waals surface area contributed by atoms with Crippen LogP contribution in [0, 0.1) is 11.8 Å². The highest BCUT2D eigenvalue weighted by atomic mass is 35.5. The second-order valence-electron chi connectivity index (χ2n) is 2.28. The van der Waals surface area contributed by atoms with Gasteiger partial charge in [-0.1, -0.05) is 23.4 Å². The normalized spacial score (nSPS) is 8.83. The number of thiol groups is 1. The van der Waals surface area contributed by atoms with E-state index in [0.29, 0.717) is 0 Å². The number of hydrogen-bond donors (Lipinski definition) is 1. The summed E-state index contributed by atoms with van der Waals surface area (Å²) in [6, 6.07) is 7.50. The molecule has 62 valence electrons. The lowest BCUT2D eigenvalue weighted by atomic mass is 10.2. The minimum atomic E-state index is 0.745. The van der Waals surface area contributed by atoms with Crippen LogP contribution in [-0.4, -0.2) is 5.75 Å². The summed E-state index contributed by atoms with van der Waals surface area (Å²) in [5.41, 5.74) is 1.00. The van der Waals surface area contributed by atoms with Crippen LogP contribution >= 0.6 is 24.2 Å². The number of benzene rings is 1. The first-order valence-corrected chi connectivity index (χ1v) is 4.69. The van der Waals surface area contributed by atoms with Crippen LogP contribution in [0.15, 0.2) is 24.3 Å². The van der Waals surface area contributed by atoms with E-state index < -0.39 is 0 Å². The second kappa shape index (κ2) is 5.13. The SMILES string of the molecule is SCCC#Cc1ccc(Cl)cc1. The fraction of sp³-hybridized carbons (Fsp3) is 0.200. The molecule has 0 nitrogen and oxygen atoms in total. The van der Waals surface area contributed by atoms with Gasteiger partial charge in [0.2, 0.25) is 0 Å². The number of halogens is 1. The lowest BCUT2D eigenvalue weighted by Crippen LogP contribution is -1.73. The molecule has 1 rings (SSSR count). The van der Waals surface area contributed by atoms with Crippen LogP contribution in [0.5, 0.6) is 0 Å². The summed E-state index contributed by atoms with van der Waals surface area (Å²) in [6.07, 6.45) is 0.825. The van der Waals surface area contributed by atoms with Crippen LogP contribution in [0.1, 0.15) is 12.0 Å². The molecule has 0 spiro atoms. The third-order valence-electron chi connectivity index (χ3n) is 1.31. The zero-order valence-electron chi connectivity index (χ0n) is 6.55. The fourth-order valence-corrected chi connectivity index (χ4v) is 0.991. The van der Waals surface area contributed by atoms with E-state index in [4.69, 9.17) is 11.6 Å². The van der Waals surface area contributed by atoms with Gasteiger partial charge in [0.05, 0.1) is 0 Å². The molecular weight excluding hydrogens is 188 g/mol. The van der Waals surface area contributed by atoms with Gasteiger partial charge in [-0.3, -0.25) is 0 Å². The minimum Gasteiger partial charge on any atom is -0.178 e. The van der Waals surface area contributed by atoms with Crippen molar-refractivity contribution in [2.45, 2.75) is 6.42 Å². The topological polar surface area (TPSA) is 0 Å². The molecule has 0 fully saturated rings. The van der Waals surface area contributed by atoms with Gasteiger partial charge < -0.3 is 0 Å². The first-order chi connectivity index (χ1) is 5.83. The zero-order valence-corrected chi connectivity index (χ0v) is 8.20. The molecule has 0 aliphatic carbocycles. The van der Waals surface area contributed by atoms with Crippen molar-refractivity contribution in [2.24, 2.45) is 0 Å². The van der Waals surface area contributed by atoms with Crippen molar-refractivity contribution in [3.63, 3.8) is 0 Å². The molecule has 0 saturated heterocycles. The molecular formula is C10H9ClS. The predicted octanol–water partition coefficient (Wildman–Crippen LogP) is 3.01. The number of rotatable bonds is 1. The van der Waals surface area contributed by atoms with Crippen LogP contribution in [0.4, 0.5) is 0 Å². The summed E-state index contributed by atoms with van der Waals surface area (Å²) < 4.78 is 0. The van der Waals surface area contributed by atoms with E-state index in [2.05, 4.69) is 24.5 Å². The summed E-state index contributed by atoms with van der Waals surface area (Å²) in [6.45, 7) is 0. The van der Waals surface area contributed by atoms with E-state index in [9.17, 15) is 0 Å². The van der Waals surface area contributed by atoms with Crippen molar-refractivity contribution in [2.75, 3.05) is 5.75 Å². The van der Waals surface area contributed by atoms with Gasteiger partial charge in [0.15, 0.2) is 0 Å². The molecule has 0 amide bonds. The molecule has 0 aromatic heterocycles. The van der Waals surface area contributed by atoms with Crippen LogP contribution in [0.25, 0.3) is 0 Å². The first kappa shape index (κ1) is 9.51. The van der Waals surface area contributed by atoms with Crippen molar-refractivity contribution in [3.05, 3.63) is 34.9 Å². The van der Waals surface area contributed by atoms with E-state index in [-0.39, 0.29) is 0 Å². The first-order valence-electron chi connectivity index (χ1n) is 3.68. The Labute approximate surface area is 83.3 Å². The molecule has 0 bridgehead atoms. The van der Waals surface area contributed by atoms with E-state index >= 15 is 0 Å². The highest BCUT2D eigenvalue weighted by Crippen LogP contribution is 2.08. The molecule has 12 heavy (non-hydrogen) atoms. The average Bonchev–Trinajstić information content (AvgIpc) is 2.09. The summed E-state index contributed by atoms with van der Waals surface area (Å²) in [4.78, 5) is 0. The van der Waals surface area contributed by atoms with E-state index in [1.165, 1.54) is 0 Å². The van der Waals surface area contributed by atoms with Gasteiger partial charge in [0.1, 0.15) is 0 Å². The molecule has 0 aliphatic rings. The van der Waals surface area contributed by atoms with Crippen LogP contribution in [-0.2, 0) is 0 Å². The Balaban J connectivity index is 2.66. The second-order valence-corrected chi connectivity index (χ2v) is 3.17. The molecule has 1 aromatic rings. The highest BCUT2D eigenvalue weighted by Gasteiger charge is 1.86. The summed E-state index contributed by atoms with van der Waals surface area (Å²) in [5, 5.41) is 0.745. The van der Waals surface area contributed by atoms with Crippen molar-refractivity contribution in [3.8, 4) is 11.8 Å². The standard InChI is InChI=1S/C10H9ClS/c11-10-6-4-9(5-7-10)3-1-2-8-12/h4-7,12H,2,8H2. The lowest BCUT2D eigenvalue weighted by molar-refractivity contribution is 1.31. The van der Waals surface area contributed by atoms with Crippen LogP contribution < -0.4 is 0 Å². The van der Waals surface area contributed by atoms with E-state index in [0.717, 1.165) is 22.8 Å². The molecule has 0 aliphatic heterocycles. The van der Waals surface area contributed by atoms with Gasteiger partial charge in [-0.05, 0) is 24.3 Å². The molecule has 0 atom stereocenters. The predicted molar refractivity (Wildman–Crippen MR) is 56.8 cm³/mol. The largest absolute Gasteiger partial charge is 0.178 e. The minimum absolute atomic E-state index is 0.745. The smallest absolute Gasteiger partial charge is 0.0406 e. The Kier molecular flexibility index (Phi) is 4.07. The van der Waals surface area contributed by atoms with Gasteiger partial charge in [0, 0.05) is 22.8 Å².